The van der Waals surface area contributed by atoms with E-state index in [0.717, 1.165) is 28.0 Å². The number of para-hydroxylation sites is 1. The van der Waals surface area contributed by atoms with E-state index in [4.69, 9.17) is 9.94 Å². The van der Waals surface area contributed by atoms with E-state index in [9.17, 15) is 9.90 Å². The number of aliphatic carboxylic acids is 1. The molecule has 0 aromatic heterocycles. The lowest BCUT2D eigenvalue weighted by Crippen LogP contribution is -2.21. The molecule has 1 unspecified atom stereocenters. The van der Waals surface area contributed by atoms with Gasteiger partial charge in [-0.2, -0.15) is 0 Å². The van der Waals surface area contributed by atoms with E-state index < -0.39 is 12.1 Å². The molecule has 112 valence electrons. The molecule has 0 bridgehead atoms. The minimum absolute atomic E-state index is 0.0899. The van der Waals surface area contributed by atoms with Gasteiger partial charge in [-0.25, -0.2) is 10.3 Å². The topological polar surface area (TPSA) is 78.8 Å². The summed E-state index contributed by atoms with van der Waals surface area (Å²) < 4.78 is 0. The Balaban J connectivity index is 1.85. The van der Waals surface area contributed by atoms with E-state index in [-0.39, 0.29) is 6.42 Å². The Morgan fingerprint density at radius 3 is 2.59 bits per heavy atom. The van der Waals surface area contributed by atoms with Gasteiger partial charge in [-0.15, -0.1) is 0 Å². The lowest BCUT2D eigenvalue weighted by Gasteiger charge is -2.19. The highest BCUT2D eigenvalue weighted by molar-refractivity contribution is 5.83. The van der Waals surface area contributed by atoms with E-state index in [1.807, 2.05) is 48.5 Å². The van der Waals surface area contributed by atoms with Crippen molar-refractivity contribution in [3.8, 4) is 5.75 Å². The van der Waals surface area contributed by atoms with Crippen molar-refractivity contribution in [2.24, 2.45) is 0 Å². The highest BCUT2D eigenvalue weighted by atomic mass is 16.6. The summed E-state index contributed by atoms with van der Waals surface area (Å²) in [7, 11) is 0. The molecule has 2 aromatic carbocycles. The average Bonchev–Trinajstić information content (AvgIpc) is 2.55. The van der Waals surface area contributed by atoms with Crippen molar-refractivity contribution in [3.05, 3.63) is 71.4 Å². The van der Waals surface area contributed by atoms with Crippen LogP contribution in [0.15, 0.2) is 54.7 Å². The summed E-state index contributed by atoms with van der Waals surface area (Å²) in [6.07, 6.45) is 0.492. The number of benzene rings is 2. The van der Waals surface area contributed by atoms with E-state index in [2.05, 4.69) is 5.48 Å². The van der Waals surface area contributed by atoms with Crippen molar-refractivity contribution in [1.82, 2.24) is 5.48 Å². The molecular weight excluding hydrogens is 282 g/mol. The molecule has 2 aromatic rings. The number of nitrogens with one attached hydrogen (secondary N) is 1. The number of aliphatic hydroxyl groups excluding tert-OH is 1. The Hall–Kier alpha value is -2.79. The largest absolute Gasteiger partial charge is 0.479 e. The zero-order chi connectivity index (χ0) is 15.5. The van der Waals surface area contributed by atoms with Gasteiger partial charge in [-0.3, -0.25) is 0 Å². The number of hydrogen-bond donors (Lipinski definition) is 3. The number of carboxylic acids is 1. The number of hydrogen-bond acceptors (Lipinski definition) is 4. The summed E-state index contributed by atoms with van der Waals surface area (Å²) in [4.78, 5) is 16.0. The maximum absolute atomic E-state index is 10.7. The summed E-state index contributed by atoms with van der Waals surface area (Å²) in [5, 5.41) is 18.1. The molecule has 0 saturated heterocycles. The number of hydroxylamine groups is 1. The van der Waals surface area contributed by atoms with Gasteiger partial charge in [-0.05, 0) is 17.2 Å². The van der Waals surface area contributed by atoms with Crippen molar-refractivity contribution >= 4 is 11.5 Å². The number of carboxylic acid groups (broad SMARTS) is 1. The molecule has 1 aliphatic rings. The number of aliphatic hydroxyl groups is 1. The summed E-state index contributed by atoms with van der Waals surface area (Å²) in [5.74, 6) is -0.459. The Labute approximate surface area is 127 Å². The van der Waals surface area contributed by atoms with Crippen molar-refractivity contribution < 1.29 is 19.8 Å². The van der Waals surface area contributed by atoms with Gasteiger partial charge >= 0.3 is 5.97 Å². The second kappa shape index (κ2) is 5.91. The first-order valence-corrected chi connectivity index (χ1v) is 6.87. The molecular formula is C17H15NO4. The highest BCUT2D eigenvalue weighted by Crippen LogP contribution is 2.32. The maximum atomic E-state index is 10.7. The van der Waals surface area contributed by atoms with Gasteiger partial charge in [-0.1, -0.05) is 42.5 Å². The zero-order valence-electron chi connectivity index (χ0n) is 11.7. The fraction of sp³-hybridized carbons (Fsp3) is 0.118. The predicted octanol–water partition coefficient (Wildman–Crippen LogP) is 1.96. The second-order valence-electron chi connectivity index (χ2n) is 5.03. The molecule has 0 aliphatic carbocycles. The number of fused-ring (bicyclic) bond motifs is 1. The first kappa shape index (κ1) is 14.2. The van der Waals surface area contributed by atoms with Crippen LogP contribution in [-0.2, 0) is 11.2 Å². The fourth-order valence-electron chi connectivity index (χ4n) is 2.38. The van der Waals surface area contributed by atoms with Crippen LogP contribution in [0.2, 0.25) is 0 Å². The van der Waals surface area contributed by atoms with E-state index in [1.165, 1.54) is 0 Å². The fourth-order valence-corrected chi connectivity index (χ4v) is 2.38. The lowest BCUT2D eigenvalue weighted by atomic mass is 9.96. The van der Waals surface area contributed by atoms with Crippen LogP contribution in [0, 0.1) is 0 Å². The summed E-state index contributed by atoms with van der Waals surface area (Å²) in [6, 6.07) is 15.1. The zero-order valence-corrected chi connectivity index (χ0v) is 11.7. The third kappa shape index (κ3) is 2.80. The molecule has 3 rings (SSSR count). The van der Waals surface area contributed by atoms with Gasteiger partial charge in [0.05, 0.1) is 0 Å². The number of rotatable bonds is 4. The average molecular weight is 297 g/mol. The molecule has 1 heterocycles. The quantitative estimate of drug-likeness (QED) is 0.804. The molecule has 0 radical (unpaired) electrons. The Morgan fingerprint density at radius 1 is 1.14 bits per heavy atom. The molecule has 5 nitrogen and oxygen atoms in total. The third-order valence-electron chi connectivity index (χ3n) is 3.53. The molecule has 22 heavy (non-hydrogen) atoms. The van der Waals surface area contributed by atoms with Crippen LogP contribution < -0.4 is 10.3 Å². The SMILES string of the molecule is O=C(O)C(O)Cc1ccc(C2=CNOc3ccccc32)cc1. The van der Waals surface area contributed by atoms with Crippen LogP contribution in [0.5, 0.6) is 5.75 Å². The molecule has 1 atom stereocenters. The van der Waals surface area contributed by atoms with Crippen molar-refractivity contribution in [2.75, 3.05) is 0 Å². The maximum Gasteiger partial charge on any atom is 0.332 e. The monoisotopic (exact) mass is 297 g/mol. The molecule has 0 amide bonds. The standard InChI is InChI=1S/C17H15NO4/c19-15(17(20)21)9-11-5-7-12(8-6-11)14-10-18-22-16-4-2-1-3-13(14)16/h1-8,10,15,18-19H,9H2,(H,20,21). The Bertz CT molecular complexity index is 722. The normalized spacial score (nSPS) is 14.1. The molecule has 0 fully saturated rings. The highest BCUT2D eigenvalue weighted by Gasteiger charge is 2.16. The van der Waals surface area contributed by atoms with Gasteiger partial charge in [0.1, 0.15) is 0 Å². The summed E-state index contributed by atoms with van der Waals surface area (Å²) in [6.45, 7) is 0. The van der Waals surface area contributed by atoms with Crippen LogP contribution >= 0.6 is 0 Å². The Morgan fingerprint density at radius 2 is 1.86 bits per heavy atom. The predicted molar refractivity (Wildman–Crippen MR) is 81.1 cm³/mol. The minimum atomic E-state index is -1.38. The smallest absolute Gasteiger partial charge is 0.332 e. The van der Waals surface area contributed by atoms with Gasteiger partial charge in [0.25, 0.3) is 0 Å². The molecule has 3 N–H and O–H groups in total. The van der Waals surface area contributed by atoms with Gasteiger partial charge in [0.15, 0.2) is 11.9 Å². The minimum Gasteiger partial charge on any atom is -0.479 e. The first-order valence-electron chi connectivity index (χ1n) is 6.87. The van der Waals surface area contributed by atoms with Crippen LogP contribution in [0.25, 0.3) is 5.57 Å². The van der Waals surface area contributed by atoms with Crippen molar-refractivity contribution in [3.63, 3.8) is 0 Å². The van der Waals surface area contributed by atoms with Gasteiger partial charge in [0, 0.05) is 23.8 Å². The van der Waals surface area contributed by atoms with Gasteiger partial charge in [0.2, 0.25) is 0 Å². The summed E-state index contributed by atoms with van der Waals surface area (Å²) >= 11 is 0. The van der Waals surface area contributed by atoms with E-state index in [0.29, 0.717) is 0 Å². The third-order valence-corrected chi connectivity index (χ3v) is 3.53. The van der Waals surface area contributed by atoms with Gasteiger partial charge < -0.3 is 15.1 Å². The van der Waals surface area contributed by atoms with E-state index in [1.54, 1.807) is 6.20 Å². The molecule has 0 saturated carbocycles. The molecule has 0 spiro atoms. The van der Waals surface area contributed by atoms with E-state index >= 15 is 0 Å². The van der Waals surface area contributed by atoms with Crippen LogP contribution in [-0.4, -0.2) is 22.3 Å². The first-order chi connectivity index (χ1) is 10.6. The Kier molecular flexibility index (Phi) is 3.80. The van der Waals surface area contributed by atoms with Crippen LogP contribution in [0.4, 0.5) is 0 Å². The molecule has 5 heteroatoms. The second-order valence-corrected chi connectivity index (χ2v) is 5.03. The molecule has 1 aliphatic heterocycles. The lowest BCUT2D eigenvalue weighted by molar-refractivity contribution is -0.146. The van der Waals surface area contributed by atoms with Crippen molar-refractivity contribution in [1.29, 1.82) is 0 Å². The van der Waals surface area contributed by atoms with Crippen LogP contribution in [0.1, 0.15) is 16.7 Å². The number of carbonyl (C=O) groups is 1. The van der Waals surface area contributed by atoms with Crippen LogP contribution in [0.3, 0.4) is 0 Å². The summed E-state index contributed by atoms with van der Waals surface area (Å²) in [5.41, 5.74) is 6.50. The van der Waals surface area contributed by atoms with Crippen molar-refractivity contribution in [2.45, 2.75) is 12.5 Å².